The maximum Gasteiger partial charge on any atom is 0.243 e. The average Bonchev–Trinajstić information content (AvgIpc) is 2.95. The normalized spacial score (nSPS) is 19.2. The monoisotopic (exact) mass is 379 g/mol. The lowest BCUT2D eigenvalue weighted by Gasteiger charge is -2.32. The zero-order valence-electron chi connectivity index (χ0n) is 15.5. The van der Waals surface area contributed by atoms with Gasteiger partial charge in [0, 0.05) is 37.4 Å². The predicted molar refractivity (Wildman–Crippen MR) is 98.9 cm³/mol. The number of piperidine rings is 1. The number of aryl methyl sites for hydroxylation is 1. The quantitative estimate of drug-likeness (QED) is 0.798. The second kappa shape index (κ2) is 7.48. The van der Waals surface area contributed by atoms with Crippen LogP contribution in [0.3, 0.4) is 0 Å². The summed E-state index contributed by atoms with van der Waals surface area (Å²) in [5, 5.41) is 0. The zero-order valence-corrected chi connectivity index (χ0v) is 16.3. The molecule has 0 radical (unpaired) electrons. The van der Waals surface area contributed by atoms with Gasteiger partial charge in [-0.05, 0) is 57.7 Å². The Bertz CT molecular complexity index is 877. The number of sulfonamides is 1. The molecule has 0 saturated carbocycles. The minimum Gasteiger partial charge on any atom is -0.330 e. The van der Waals surface area contributed by atoms with E-state index in [1.54, 1.807) is 0 Å². The molecule has 1 atom stereocenters. The van der Waals surface area contributed by atoms with Crippen LogP contribution in [0, 0.1) is 18.7 Å². The highest BCUT2D eigenvalue weighted by Crippen LogP contribution is 2.27. The lowest BCUT2D eigenvalue weighted by Crippen LogP contribution is -2.40. The van der Waals surface area contributed by atoms with Crippen molar-refractivity contribution in [2.75, 3.05) is 13.1 Å². The number of hydrogen-bond acceptors (Lipinski definition) is 3. The van der Waals surface area contributed by atoms with Crippen LogP contribution < -0.4 is 0 Å². The van der Waals surface area contributed by atoms with Crippen LogP contribution in [0.15, 0.2) is 35.4 Å². The molecular formula is C19H26FN3O2S. The summed E-state index contributed by atoms with van der Waals surface area (Å²) in [6, 6.07) is 5.56. The molecule has 1 fully saturated rings. The van der Waals surface area contributed by atoms with Crippen LogP contribution in [0.4, 0.5) is 4.39 Å². The van der Waals surface area contributed by atoms with Crippen molar-refractivity contribution in [3.63, 3.8) is 0 Å². The lowest BCUT2D eigenvalue weighted by molar-refractivity contribution is 0.260. The van der Waals surface area contributed by atoms with E-state index in [2.05, 4.69) is 23.4 Å². The van der Waals surface area contributed by atoms with Gasteiger partial charge in [0.15, 0.2) is 0 Å². The van der Waals surface area contributed by atoms with E-state index in [1.807, 2.05) is 13.1 Å². The van der Waals surface area contributed by atoms with Crippen LogP contribution >= 0.6 is 0 Å². The van der Waals surface area contributed by atoms with Gasteiger partial charge in [0.1, 0.15) is 11.6 Å². The summed E-state index contributed by atoms with van der Waals surface area (Å²) in [5.41, 5.74) is 1.12. The maximum absolute atomic E-state index is 13.5. The fourth-order valence-electron chi connectivity index (χ4n) is 3.80. The Morgan fingerprint density at radius 3 is 2.81 bits per heavy atom. The molecule has 0 aliphatic carbocycles. The molecule has 0 amide bonds. The van der Waals surface area contributed by atoms with Crippen molar-refractivity contribution in [2.45, 2.75) is 51.0 Å². The van der Waals surface area contributed by atoms with Crippen molar-refractivity contribution in [3.8, 4) is 0 Å². The van der Waals surface area contributed by atoms with E-state index in [0.717, 1.165) is 36.8 Å². The highest BCUT2D eigenvalue weighted by Gasteiger charge is 2.31. The van der Waals surface area contributed by atoms with Gasteiger partial charge in [-0.15, -0.1) is 0 Å². The molecule has 1 aliphatic heterocycles. The van der Waals surface area contributed by atoms with Crippen LogP contribution in [-0.4, -0.2) is 35.4 Å². The fourth-order valence-corrected chi connectivity index (χ4v) is 5.39. The maximum atomic E-state index is 13.5. The molecule has 2 aromatic rings. The summed E-state index contributed by atoms with van der Waals surface area (Å²) >= 11 is 0. The second-order valence-corrected chi connectivity index (χ2v) is 9.25. The number of benzene rings is 1. The Balaban J connectivity index is 1.78. The number of nitrogens with zero attached hydrogens (tertiary/aromatic N) is 3. The van der Waals surface area contributed by atoms with E-state index >= 15 is 0 Å². The fraction of sp³-hybridized carbons (Fsp3) is 0.526. The van der Waals surface area contributed by atoms with Gasteiger partial charge in [-0.3, -0.25) is 0 Å². The molecule has 26 heavy (non-hydrogen) atoms. The van der Waals surface area contributed by atoms with Crippen LogP contribution in [0.25, 0.3) is 0 Å². The molecule has 0 N–H and O–H groups in total. The third kappa shape index (κ3) is 3.83. The molecule has 2 heterocycles. The van der Waals surface area contributed by atoms with Gasteiger partial charge >= 0.3 is 0 Å². The SMILES string of the molecule is Cc1cnc(CC2CCCN(S(=O)(=O)c3cccc(F)c3)C2)n1C(C)C. The number of hydrogen-bond donors (Lipinski definition) is 0. The molecule has 0 spiro atoms. The highest BCUT2D eigenvalue weighted by atomic mass is 32.2. The van der Waals surface area contributed by atoms with Crippen LogP contribution in [0.5, 0.6) is 0 Å². The molecule has 1 aliphatic rings. The topological polar surface area (TPSA) is 55.2 Å². The summed E-state index contributed by atoms with van der Waals surface area (Å²) in [4.78, 5) is 4.56. The van der Waals surface area contributed by atoms with Crippen molar-refractivity contribution >= 4 is 10.0 Å². The minimum absolute atomic E-state index is 0.0256. The highest BCUT2D eigenvalue weighted by molar-refractivity contribution is 7.89. The smallest absolute Gasteiger partial charge is 0.243 e. The average molecular weight is 380 g/mol. The molecule has 7 heteroatoms. The van der Waals surface area contributed by atoms with Gasteiger partial charge in [0.2, 0.25) is 10.0 Å². The van der Waals surface area contributed by atoms with Gasteiger partial charge in [0.05, 0.1) is 4.90 Å². The number of imidazole rings is 1. The van der Waals surface area contributed by atoms with Crippen LogP contribution in [0.1, 0.15) is 44.2 Å². The van der Waals surface area contributed by atoms with Crippen molar-refractivity contribution < 1.29 is 12.8 Å². The second-order valence-electron chi connectivity index (χ2n) is 7.31. The molecule has 5 nitrogen and oxygen atoms in total. The molecule has 142 valence electrons. The largest absolute Gasteiger partial charge is 0.330 e. The Labute approximate surface area is 154 Å². The first-order valence-electron chi connectivity index (χ1n) is 9.07. The molecule has 1 aromatic carbocycles. The minimum atomic E-state index is -3.66. The molecule has 1 unspecified atom stereocenters. The summed E-state index contributed by atoms with van der Waals surface area (Å²) in [5.74, 6) is 0.688. The van der Waals surface area contributed by atoms with Crippen LogP contribution in [0.2, 0.25) is 0 Å². The summed E-state index contributed by atoms with van der Waals surface area (Å²) in [6.07, 6.45) is 4.40. The summed E-state index contributed by atoms with van der Waals surface area (Å²) in [6.45, 7) is 7.22. The Morgan fingerprint density at radius 1 is 1.35 bits per heavy atom. The number of aromatic nitrogens is 2. The standard InChI is InChI=1S/C19H26FN3O2S/c1-14(2)23-15(3)12-21-19(23)10-16-6-5-9-22(13-16)26(24,25)18-8-4-7-17(20)11-18/h4,7-8,11-12,14,16H,5-6,9-10,13H2,1-3H3. The molecule has 3 rings (SSSR count). The van der Waals surface area contributed by atoms with Gasteiger partial charge in [-0.25, -0.2) is 17.8 Å². The lowest BCUT2D eigenvalue weighted by atomic mass is 9.96. The third-order valence-corrected chi connectivity index (χ3v) is 6.82. The van der Waals surface area contributed by atoms with E-state index in [0.29, 0.717) is 19.1 Å². The van der Waals surface area contributed by atoms with E-state index in [1.165, 1.54) is 22.5 Å². The van der Waals surface area contributed by atoms with Crippen LogP contribution in [-0.2, 0) is 16.4 Å². The Kier molecular flexibility index (Phi) is 5.48. The number of rotatable bonds is 5. The van der Waals surface area contributed by atoms with E-state index in [9.17, 15) is 12.8 Å². The molecule has 1 saturated heterocycles. The first kappa shape index (κ1) is 19.0. The summed E-state index contributed by atoms with van der Waals surface area (Å²) in [7, 11) is -3.66. The first-order chi connectivity index (χ1) is 12.3. The molecular weight excluding hydrogens is 353 g/mol. The van der Waals surface area contributed by atoms with E-state index < -0.39 is 15.8 Å². The predicted octanol–water partition coefficient (Wildman–Crippen LogP) is 3.55. The van der Waals surface area contributed by atoms with Crippen molar-refractivity contribution in [3.05, 3.63) is 47.8 Å². The van der Waals surface area contributed by atoms with Gasteiger partial charge < -0.3 is 4.57 Å². The third-order valence-electron chi connectivity index (χ3n) is 4.96. The first-order valence-corrected chi connectivity index (χ1v) is 10.5. The summed E-state index contributed by atoms with van der Waals surface area (Å²) < 4.78 is 42.9. The van der Waals surface area contributed by atoms with Crippen molar-refractivity contribution in [1.82, 2.24) is 13.9 Å². The Morgan fingerprint density at radius 2 is 2.12 bits per heavy atom. The number of halogens is 1. The van der Waals surface area contributed by atoms with E-state index in [-0.39, 0.29) is 10.8 Å². The van der Waals surface area contributed by atoms with Crippen molar-refractivity contribution in [1.29, 1.82) is 0 Å². The Hall–Kier alpha value is -1.73. The van der Waals surface area contributed by atoms with E-state index in [4.69, 9.17) is 0 Å². The zero-order chi connectivity index (χ0) is 18.9. The van der Waals surface area contributed by atoms with Gasteiger partial charge in [0.25, 0.3) is 0 Å². The molecule has 1 aromatic heterocycles. The van der Waals surface area contributed by atoms with Gasteiger partial charge in [-0.1, -0.05) is 6.07 Å². The van der Waals surface area contributed by atoms with Gasteiger partial charge in [-0.2, -0.15) is 4.31 Å². The van der Waals surface area contributed by atoms with Crippen molar-refractivity contribution in [2.24, 2.45) is 5.92 Å². The molecule has 0 bridgehead atoms.